The van der Waals surface area contributed by atoms with Gasteiger partial charge in [-0.2, -0.15) is 0 Å². The zero-order valence-electron chi connectivity index (χ0n) is 13.0. The maximum Gasteiger partial charge on any atom is 0.0808 e. The van der Waals surface area contributed by atoms with Crippen LogP contribution in [0.3, 0.4) is 0 Å². The molecule has 20 heavy (non-hydrogen) atoms. The monoisotopic (exact) mass is 296 g/mol. The van der Waals surface area contributed by atoms with Crippen LogP contribution in [0.2, 0.25) is 5.02 Å². The highest BCUT2D eigenvalue weighted by atomic mass is 35.5. The number of morpholine rings is 1. The lowest BCUT2D eigenvalue weighted by molar-refractivity contribution is -0.133. The van der Waals surface area contributed by atoms with E-state index in [1.807, 2.05) is 13.0 Å². The molecule has 3 nitrogen and oxygen atoms in total. The van der Waals surface area contributed by atoms with E-state index in [1.54, 1.807) is 0 Å². The van der Waals surface area contributed by atoms with Gasteiger partial charge in [0.05, 0.1) is 21.9 Å². The molecule has 0 amide bonds. The Bertz CT molecular complexity index is 481. The van der Waals surface area contributed by atoms with Gasteiger partial charge in [-0.15, -0.1) is 0 Å². The van der Waals surface area contributed by atoms with Crippen molar-refractivity contribution >= 4 is 17.3 Å². The summed E-state index contributed by atoms with van der Waals surface area (Å²) in [6.07, 6.45) is 0. The minimum Gasteiger partial charge on any atom is -0.366 e. The molecule has 1 aromatic carbocycles. The fourth-order valence-corrected chi connectivity index (χ4v) is 3.33. The Morgan fingerprint density at radius 1 is 1.20 bits per heavy atom. The molecule has 112 valence electrons. The molecule has 1 aliphatic rings. The quantitative estimate of drug-likeness (QED) is 0.903. The Labute approximate surface area is 127 Å². The third kappa shape index (κ3) is 3.46. The summed E-state index contributed by atoms with van der Waals surface area (Å²) < 4.78 is 6.11. The summed E-state index contributed by atoms with van der Waals surface area (Å²) in [6, 6.07) is 6.09. The van der Waals surface area contributed by atoms with Gasteiger partial charge >= 0.3 is 0 Å². The molecule has 0 spiro atoms. The van der Waals surface area contributed by atoms with E-state index in [-0.39, 0.29) is 17.2 Å². The van der Waals surface area contributed by atoms with E-state index in [0.29, 0.717) is 0 Å². The summed E-state index contributed by atoms with van der Waals surface area (Å²) in [6.45, 7) is 12.1. The molecular formula is C16H25ClN2O. The van der Waals surface area contributed by atoms with Crippen molar-refractivity contribution in [2.45, 2.75) is 51.9 Å². The number of hydrogen-bond donors (Lipinski definition) is 1. The molecule has 1 heterocycles. The number of benzene rings is 1. The van der Waals surface area contributed by atoms with E-state index < -0.39 is 0 Å². The molecule has 2 rings (SSSR count). The normalized spacial score (nSPS) is 22.6. The van der Waals surface area contributed by atoms with Gasteiger partial charge in [-0.25, -0.2) is 0 Å². The van der Waals surface area contributed by atoms with Crippen LogP contribution in [0.1, 0.15) is 46.2 Å². The highest BCUT2D eigenvalue weighted by Crippen LogP contribution is 2.35. The van der Waals surface area contributed by atoms with E-state index in [1.165, 1.54) is 0 Å². The average molecular weight is 297 g/mol. The van der Waals surface area contributed by atoms with E-state index in [0.717, 1.165) is 29.4 Å². The standard InChI is InChI=1S/C16H25ClN2O/c1-11(18)12-6-7-14(13(17)8-12)19-9-15(2,3)20-16(4,5)10-19/h6-8,11H,9-10,18H2,1-5H3. The predicted octanol–water partition coefficient (Wildman–Crippen LogP) is 3.75. The molecule has 1 atom stereocenters. The van der Waals surface area contributed by atoms with Crippen LogP contribution < -0.4 is 10.6 Å². The van der Waals surface area contributed by atoms with Crippen LogP contribution in [0, 0.1) is 0 Å². The number of rotatable bonds is 2. The first-order chi connectivity index (χ1) is 9.10. The van der Waals surface area contributed by atoms with Gasteiger partial charge in [-0.1, -0.05) is 17.7 Å². The minimum atomic E-state index is -0.190. The Morgan fingerprint density at radius 2 is 1.75 bits per heavy atom. The molecule has 1 saturated heterocycles. The summed E-state index contributed by atoms with van der Waals surface area (Å²) in [5.74, 6) is 0. The molecule has 1 fully saturated rings. The molecule has 2 N–H and O–H groups in total. The molecule has 0 aromatic heterocycles. The van der Waals surface area contributed by atoms with E-state index >= 15 is 0 Å². The van der Waals surface area contributed by atoms with Crippen molar-refractivity contribution in [3.8, 4) is 0 Å². The molecule has 0 saturated carbocycles. The number of anilines is 1. The van der Waals surface area contributed by atoms with Crippen LogP contribution in [-0.4, -0.2) is 24.3 Å². The lowest BCUT2D eigenvalue weighted by atomic mass is 9.98. The highest BCUT2D eigenvalue weighted by Gasteiger charge is 2.38. The number of nitrogens with two attached hydrogens (primary N) is 1. The van der Waals surface area contributed by atoms with Crippen LogP contribution in [0.5, 0.6) is 0 Å². The zero-order valence-corrected chi connectivity index (χ0v) is 13.8. The van der Waals surface area contributed by atoms with E-state index in [4.69, 9.17) is 22.1 Å². The van der Waals surface area contributed by atoms with Crippen molar-refractivity contribution < 1.29 is 4.74 Å². The second-order valence-electron chi connectivity index (χ2n) is 6.98. The van der Waals surface area contributed by atoms with Gasteiger partial charge in [0.2, 0.25) is 0 Å². The maximum atomic E-state index is 6.45. The molecule has 4 heteroatoms. The Morgan fingerprint density at radius 3 is 2.20 bits per heavy atom. The lowest BCUT2D eigenvalue weighted by Crippen LogP contribution is -2.57. The van der Waals surface area contributed by atoms with Crippen LogP contribution in [0.15, 0.2) is 18.2 Å². The Hall–Kier alpha value is -0.770. The number of hydrogen-bond acceptors (Lipinski definition) is 3. The van der Waals surface area contributed by atoms with Gasteiger partial charge < -0.3 is 15.4 Å². The molecule has 0 radical (unpaired) electrons. The zero-order chi connectivity index (χ0) is 15.1. The smallest absolute Gasteiger partial charge is 0.0808 e. The van der Waals surface area contributed by atoms with Crippen LogP contribution in [0.4, 0.5) is 5.69 Å². The first-order valence-corrected chi connectivity index (χ1v) is 7.48. The van der Waals surface area contributed by atoms with Crippen LogP contribution in [-0.2, 0) is 4.74 Å². The first-order valence-electron chi connectivity index (χ1n) is 7.10. The van der Waals surface area contributed by atoms with Gasteiger partial charge in [0.25, 0.3) is 0 Å². The van der Waals surface area contributed by atoms with Crippen molar-refractivity contribution in [3.63, 3.8) is 0 Å². The summed E-state index contributed by atoms with van der Waals surface area (Å²) >= 11 is 6.45. The molecular weight excluding hydrogens is 272 g/mol. The fraction of sp³-hybridized carbons (Fsp3) is 0.625. The molecule has 1 aliphatic heterocycles. The van der Waals surface area contributed by atoms with Gasteiger partial charge in [0.15, 0.2) is 0 Å². The van der Waals surface area contributed by atoms with Gasteiger partial charge in [-0.3, -0.25) is 0 Å². The van der Waals surface area contributed by atoms with Gasteiger partial charge in [0.1, 0.15) is 0 Å². The highest BCUT2D eigenvalue weighted by molar-refractivity contribution is 6.33. The molecule has 1 aromatic rings. The summed E-state index contributed by atoms with van der Waals surface area (Å²) in [5.41, 5.74) is 7.64. The summed E-state index contributed by atoms with van der Waals surface area (Å²) in [4.78, 5) is 2.30. The second-order valence-corrected chi connectivity index (χ2v) is 7.38. The molecule has 0 bridgehead atoms. The van der Waals surface area contributed by atoms with Gasteiger partial charge in [-0.05, 0) is 52.3 Å². The fourth-order valence-electron chi connectivity index (χ4n) is 3.02. The van der Waals surface area contributed by atoms with E-state index in [2.05, 4.69) is 44.7 Å². The SMILES string of the molecule is CC(N)c1ccc(N2CC(C)(C)OC(C)(C)C2)c(Cl)c1. The minimum absolute atomic E-state index is 0.000814. The van der Waals surface area contributed by atoms with Crippen LogP contribution in [0.25, 0.3) is 0 Å². The van der Waals surface area contributed by atoms with Crippen molar-refractivity contribution in [2.75, 3.05) is 18.0 Å². The van der Waals surface area contributed by atoms with Crippen molar-refractivity contribution in [2.24, 2.45) is 5.73 Å². The van der Waals surface area contributed by atoms with Crippen molar-refractivity contribution in [1.29, 1.82) is 0 Å². The third-order valence-corrected chi connectivity index (χ3v) is 3.84. The van der Waals surface area contributed by atoms with Crippen molar-refractivity contribution in [3.05, 3.63) is 28.8 Å². The van der Waals surface area contributed by atoms with Crippen LogP contribution >= 0.6 is 11.6 Å². The largest absolute Gasteiger partial charge is 0.366 e. The lowest BCUT2D eigenvalue weighted by Gasteiger charge is -2.48. The predicted molar refractivity (Wildman–Crippen MR) is 85.5 cm³/mol. The average Bonchev–Trinajstić information content (AvgIpc) is 2.24. The summed E-state index contributed by atoms with van der Waals surface area (Å²) in [7, 11) is 0. The Kier molecular flexibility index (Phi) is 4.07. The number of nitrogens with zero attached hydrogens (tertiary/aromatic N) is 1. The Balaban J connectivity index is 2.31. The van der Waals surface area contributed by atoms with Gasteiger partial charge in [0, 0.05) is 19.1 Å². The first kappa shape index (κ1) is 15.6. The van der Waals surface area contributed by atoms with E-state index in [9.17, 15) is 0 Å². The topological polar surface area (TPSA) is 38.5 Å². The second kappa shape index (κ2) is 5.21. The molecule has 1 unspecified atom stereocenters. The molecule has 0 aliphatic carbocycles. The van der Waals surface area contributed by atoms with Crippen molar-refractivity contribution in [1.82, 2.24) is 0 Å². The number of halogens is 1. The summed E-state index contributed by atoms with van der Waals surface area (Å²) in [5, 5.41) is 0.758. The number of ether oxygens (including phenoxy) is 1. The maximum absolute atomic E-state index is 6.45. The third-order valence-electron chi connectivity index (χ3n) is 3.53.